The molecule has 34 heavy (non-hydrogen) atoms. The van der Waals surface area contributed by atoms with Gasteiger partial charge in [0.25, 0.3) is 0 Å². The Bertz CT molecular complexity index is 1110. The summed E-state index contributed by atoms with van der Waals surface area (Å²) >= 11 is 0. The fourth-order valence-electron chi connectivity index (χ4n) is 4.75. The largest absolute Gasteiger partial charge is 0.377 e. The van der Waals surface area contributed by atoms with Crippen LogP contribution >= 0.6 is 0 Å². The molecule has 0 spiro atoms. The van der Waals surface area contributed by atoms with Crippen LogP contribution in [0.3, 0.4) is 0 Å². The zero-order valence-electron chi connectivity index (χ0n) is 19.8. The molecule has 3 heteroatoms. The van der Waals surface area contributed by atoms with E-state index in [1.165, 1.54) is 15.9 Å². The van der Waals surface area contributed by atoms with Gasteiger partial charge in [0.2, 0.25) is 0 Å². The number of ether oxygens (including phenoxy) is 1. The van der Waals surface area contributed by atoms with E-state index in [0.29, 0.717) is 25.0 Å². The van der Waals surface area contributed by atoms with E-state index in [0.717, 1.165) is 11.6 Å². The lowest BCUT2D eigenvalue weighted by molar-refractivity contribution is -0.112. The normalized spacial score (nSPS) is 12.3. The molecular weight excluding hydrogens is 432 g/mol. The molecule has 1 atom stereocenters. The zero-order chi connectivity index (χ0) is 23.6. The fraction of sp³-hybridized carbons (Fsp3) is 0.194. The maximum atomic E-state index is 14.3. The van der Waals surface area contributed by atoms with E-state index in [-0.39, 0.29) is 5.92 Å². The Kier molecular flexibility index (Phi) is 8.24. The summed E-state index contributed by atoms with van der Waals surface area (Å²) < 4.78 is 6.11. The molecule has 2 nitrogen and oxygen atoms in total. The second kappa shape index (κ2) is 11.7. The molecule has 0 aliphatic carbocycles. The van der Waals surface area contributed by atoms with Crippen LogP contribution in [0.15, 0.2) is 121 Å². The molecule has 0 heterocycles. The van der Waals surface area contributed by atoms with Crippen LogP contribution in [-0.2, 0) is 22.6 Å². The van der Waals surface area contributed by atoms with Crippen LogP contribution in [0, 0.1) is 5.92 Å². The Balaban J connectivity index is 1.65. The summed E-state index contributed by atoms with van der Waals surface area (Å²) in [6.07, 6.45) is 0.453. The predicted octanol–water partition coefficient (Wildman–Crippen LogP) is 5.45. The average molecular weight is 465 g/mol. The SMILES string of the molecule is C[C@@H](COCc1ccccc1)C[Si](C(=O)Cc1ccccc1)(c1ccccc1)c1ccccc1. The number of rotatable bonds is 11. The highest BCUT2D eigenvalue weighted by Crippen LogP contribution is 2.22. The Morgan fingerprint density at radius 1 is 0.676 bits per heavy atom. The van der Waals surface area contributed by atoms with Crippen LogP contribution in [0.1, 0.15) is 18.1 Å². The lowest BCUT2D eigenvalue weighted by atomic mass is 10.2. The number of hydrogen-bond donors (Lipinski definition) is 0. The van der Waals surface area contributed by atoms with E-state index in [9.17, 15) is 4.79 Å². The summed E-state index contributed by atoms with van der Waals surface area (Å²) in [7, 11) is -2.75. The number of carbonyl (C=O) groups is 1. The van der Waals surface area contributed by atoms with Gasteiger partial charge in [-0.15, -0.1) is 0 Å². The van der Waals surface area contributed by atoms with Gasteiger partial charge in [-0.1, -0.05) is 128 Å². The van der Waals surface area contributed by atoms with Crippen molar-refractivity contribution in [2.45, 2.75) is 26.0 Å². The minimum Gasteiger partial charge on any atom is -0.377 e. The van der Waals surface area contributed by atoms with Crippen molar-refractivity contribution in [1.82, 2.24) is 0 Å². The molecule has 0 amide bonds. The maximum Gasteiger partial charge on any atom is 0.194 e. The molecule has 4 aromatic carbocycles. The zero-order valence-corrected chi connectivity index (χ0v) is 20.8. The molecule has 0 fully saturated rings. The van der Waals surface area contributed by atoms with Crippen molar-refractivity contribution in [3.63, 3.8) is 0 Å². The summed E-state index contributed by atoms with van der Waals surface area (Å²) in [4.78, 5) is 14.3. The standard InChI is InChI=1S/C31H32O2Si/c1-26(23-33-24-28-16-8-3-9-17-28)25-34(29-18-10-4-11-19-29,30-20-12-5-13-21-30)31(32)22-27-14-6-2-7-15-27/h2-21,26H,22-25H2,1H3/t26-/m0/s1. The van der Waals surface area contributed by atoms with Gasteiger partial charge in [-0.2, -0.15) is 0 Å². The smallest absolute Gasteiger partial charge is 0.194 e. The van der Waals surface area contributed by atoms with Crippen LogP contribution < -0.4 is 10.4 Å². The van der Waals surface area contributed by atoms with Crippen LogP contribution in [0.5, 0.6) is 0 Å². The van der Waals surface area contributed by atoms with Gasteiger partial charge in [-0.3, -0.25) is 0 Å². The van der Waals surface area contributed by atoms with Crippen molar-refractivity contribution < 1.29 is 9.53 Å². The predicted molar refractivity (Wildman–Crippen MR) is 143 cm³/mol. The van der Waals surface area contributed by atoms with Gasteiger partial charge >= 0.3 is 0 Å². The first-order valence-electron chi connectivity index (χ1n) is 12.0. The summed E-state index contributed by atoms with van der Waals surface area (Å²) in [6.45, 7) is 3.44. The first-order valence-corrected chi connectivity index (χ1v) is 14.2. The fourth-order valence-corrected chi connectivity index (χ4v) is 9.62. The molecule has 172 valence electrons. The van der Waals surface area contributed by atoms with Gasteiger partial charge in [0.15, 0.2) is 8.07 Å². The molecule has 0 radical (unpaired) electrons. The third-order valence-corrected chi connectivity index (χ3v) is 11.5. The summed E-state index contributed by atoms with van der Waals surface area (Å²) in [6, 6.07) is 42.1. The second-order valence-corrected chi connectivity index (χ2v) is 13.0. The lowest BCUT2D eigenvalue weighted by Crippen LogP contribution is -2.66. The number of hydrogen-bond acceptors (Lipinski definition) is 2. The van der Waals surface area contributed by atoms with Crippen LogP contribution in [0.25, 0.3) is 0 Å². The molecule has 0 saturated carbocycles. The van der Waals surface area contributed by atoms with Gasteiger partial charge in [0, 0.05) is 13.0 Å². The van der Waals surface area contributed by atoms with Gasteiger partial charge < -0.3 is 9.53 Å². The second-order valence-electron chi connectivity index (χ2n) is 9.03. The molecule has 4 aromatic rings. The molecular formula is C31H32O2Si. The highest BCUT2D eigenvalue weighted by atomic mass is 28.3. The molecule has 4 rings (SSSR count). The van der Waals surface area contributed by atoms with Crippen molar-refractivity contribution in [3.8, 4) is 0 Å². The molecule has 0 aromatic heterocycles. The average Bonchev–Trinajstić information content (AvgIpc) is 2.89. The quantitative estimate of drug-likeness (QED) is 0.276. The van der Waals surface area contributed by atoms with Crippen LogP contribution in [0.4, 0.5) is 0 Å². The maximum absolute atomic E-state index is 14.3. The van der Waals surface area contributed by atoms with E-state index in [1.807, 2.05) is 48.5 Å². The summed E-state index contributed by atoms with van der Waals surface area (Å²) in [5, 5.41) is 2.71. The van der Waals surface area contributed by atoms with Gasteiger partial charge in [0.05, 0.1) is 6.61 Å². The van der Waals surface area contributed by atoms with Crippen LogP contribution in [0.2, 0.25) is 6.04 Å². The molecule has 0 unspecified atom stereocenters. The Morgan fingerprint density at radius 2 is 1.12 bits per heavy atom. The van der Waals surface area contributed by atoms with Gasteiger partial charge in [-0.05, 0) is 33.5 Å². The van der Waals surface area contributed by atoms with E-state index in [2.05, 4.69) is 79.7 Å². The van der Waals surface area contributed by atoms with E-state index >= 15 is 0 Å². The van der Waals surface area contributed by atoms with Gasteiger partial charge in [-0.25, -0.2) is 0 Å². The van der Waals surface area contributed by atoms with Crippen molar-refractivity contribution in [3.05, 3.63) is 132 Å². The number of carbonyl (C=O) groups excluding carboxylic acids is 1. The summed E-state index contributed by atoms with van der Waals surface area (Å²) in [5.41, 5.74) is 2.24. The minimum atomic E-state index is -2.75. The Hall–Kier alpha value is -3.27. The lowest BCUT2D eigenvalue weighted by Gasteiger charge is -2.34. The van der Waals surface area contributed by atoms with Gasteiger partial charge in [0.1, 0.15) is 5.41 Å². The topological polar surface area (TPSA) is 26.3 Å². The van der Waals surface area contributed by atoms with Crippen LogP contribution in [-0.4, -0.2) is 20.1 Å². The molecule has 0 saturated heterocycles. The molecule has 0 N–H and O–H groups in total. The van der Waals surface area contributed by atoms with E-state index < -0.39 is 8.07 Å². The van der Waals surface area contributed by atoms with Crippen molar-refractivity contribution >= 4 is 23.9 Å². The van der Waals surface area contributed by atoms with Crippen molar-refractivity contribution in [2.24, 2.45) is 5.92 Å². The molecule has 0 bridgehead atoms. The molecule has 0 aliphatic rings. The van der Waals surface area contributed by atoms with E-state index in [1.54, 1.807) is 0 Å². The van der Waals surface area contributed by atoms with Crippen molar-refractivity contribution in [1.29, 1.82) is 0 Å². The first kappa shape index (κ1) is 23.9. The Morgan fingerprint density at radius 3 is 1.62 bits per heavy atom. The minimum absolute atomic E-state index is 0.246. The Labute approximate surface area is 204 Å². The summed E-state index contributed by atoms with van der Waals surface area (Å²) in [5.74, 6) is 0.246. The highest BCUT2D eigenvalue weighted by molar-refractivity contribution is 7.22. The first-order chi connectivity index (χ1) is 16.7. The third kappa shape index (κ3) is 5.80. The third-order valence-electron chi connectivity index (χ3n) is 6.39. The van der Waals surface area contributed by atoms with E-state index in [4.69, 9.17) is 4.74 Å². The molecule has 0 aliphatic heterocycles. The monoisotopic (exact) mass is 464 g/mol. The van der Waals surface area contributed by atoms with Crippen molar-refractivity contribution in [2.75, 3.05) is 6.61 Å². The highest BCUT2D eigenvalue weighted by Gasteiger charge is 2.45. The number of benzene rings is 4.